The van der Waals surface area contributed by atoms with Gasteiger partial charge in [0.25, 0.3) is 0 Å². The predicted octanol–water partition coefficient (Wildman–Crippen LogP) is 4.02. The Morgan fingerprint density at radius 3 is 2.38 bits per heavy atom. The topological polar surface area (TPSA) is 38.3 Å². The van der Waals surface area contributed by atoms with Crippen LogP contribution in [0.1, 0.15) is 23.1 Å². The van der Waals surface area contributed by atoms with Gasteiger partial charge in [0.2, 0.25) is 5.91 Å². The molecule has 2 aromatic carbocycles. The Bertz CT molecular complexity index is 615. The van der Waals surface area contributed by atoms with E-state index in [4.69, 9.17) is 4.74 Å². The van der Waals surface area contributed by atoms with Crippen LogP contribution in [0.2, 0.25) is 0 Å². The van der Waals surface area contributed by atoms with Gasteiger partial charge in [0.05, 0.1) is 13.0 Å². The lowest BCUT2D eigenvalue weighted by Crippen LogP contribution is -2.15. The number of ether oxygens (including phenoxy) is 1. The average molecular weight is 283 g/mol. The number of hydrogen-bond donors (Lipinski definition) is 1. The van der Waals surface area contributed by atoms with Crippen molar-refractivity contribution in [3.8, 4) is 5.75 Å². The standard InChI is InChI=1S/C18H21NO2/c1-13-10-14(2)12-16(11-13)21-9-8-18(20)19-17-7-5-4-6-15(17)3/h4-7,10-12H,8-9H2,1-3H3,(H,19,20). The molecule has 0 aromatic heterocycles. The molecule has 0 bridgehead atoms. The molecule has 3 heteroatoms. The zero-order valence-corrected chi connectivity index (χ0v) is 12.8. The summed E-state index contributed by atoms with van der Waals surface area (Å²) < 4.78 is 5.65. The highest BCUT2D eigenvalue weighted by molar-refractivity contribution is 5.91. The Kier molecular flexibility index (Phi) is 4.99. The predicted molar refractivity (Wildman–Crippen MR) is 85.8 cm³/mol. The number of amides is 1. The number of hydrogen-bond acceptors (Lipinski definition) is 2. The first-order valence-corrected chi connectivity index (χ1v) is 7.11. The van der Waals surface area contributed by atoms with Gasteiger partial charge in [-0.2, -0.15) is 0 Å². The van der Waals surface area contributed by atoms with E-state index >= 15 is 0 Å². The monoisotopic (exact) mass is 283 g/mol. The summed E-state index contributed by atoms with van der Waals surface area (Å²) in [6, 6.07) is 13.8. The second-order valence-electron chi connectivity index (χ2n) is 5.28. The van der Waals surface area contributed by atoms with Gasteiger partial charge in [0.15, 0.2) is 0 Å². The van der Waals surface area contributed by atoms with Gasteiger partial charge < -0.3 is 10.1 Å². The number of carbonyl (C=O) groups is 1. The lowest BCUT2D eigenvalue weighted by molar-refractivity contribution is -0.116. The molecule has 3 nitrogen and oxygen atoms in total. The molecule has 1 amide bonds. The van der Waals surface area contributed by atoms with Crippen molar-refractivity contribution in [3.05, 3.63) is 59.2 Å². The molecule has 0 unspecified atom stereocenters. The highest BCUT2D eigenvalue weighted by Gasteiger charge is 2.05. The molecule has 0 radical (unpaired) electrons. The molecule has 21 heavy (non-hydrogen) atoms. The molecule has 0 heterocycles. The van der Waals surface area contributed by atoms with Gasteiger partial charge in [-0.3, -0.25) is 4.79 Å². The maximum atomic E-state index is 11.9. The van der Waals surface area contributed by atoms with Gasteiger partial charge >= 0.3 is 0 Å². The molecule has 0 saturated carbocycles. The van der Waals surface area contributed by atoms with Crippen LogP contribution < -0.4 is 10.1 Å². The Balaban J connectivity index is 1.83. The molecule has 0 spiro atoms. The van der Waals surface area contributed by atoms with Crippen LogP contribution in [-0.4, -0.2) is 12.5 Å². The fourth-order valence-electron chi connectivity index (χ4n) is 2.20. The number of nitrogens with one attached hydrogen (secondary N) is 1. The summed E-state index contributed by atoms with van der Waals surface area (Å²) >= 11 is 0. The third-order valence-corrected chi connectivity index (χ3v) is 3.21. The van der Waals surface area contributed by atoms with Gasteiger partial charge in [-0.15, -0.1) is 0 Å². The highest BCUT2D eigenvalue weighted by Crippen LogP contribution is 2.17. The van der Waals surface area contributed by atoms with E-state index in [1.807, 2.05) is 57.2 Å². The summed E-state index contributed by atoms with van der Waals surface area (Å²) in [5.74, 6) is 0.782. The van der Waals surface area contributed by atoms with Crippen LogP contribution in [0.15, 0.2) is 42.5 Å². The molecule has 0 atom stereocenters. The molecular formula is C18H21NO2. The Labute approximate surface area is 126 Å². The Morgan fingerprint density at radius 1 is 1.05 bits per heavy atom. The lowest BCUT2D eigenvalue weighted by atomic mass is 10.1. The van der Waals surface area contributed by atoms with Gasteiger partial charge in [-0.25, -0.2) is 0 Å². The molecule has 110 valence electrons. The molecule has 0 aliphatic heterocycles. The highest BCUT2D eigenvalue weighted by atomic mass is 16.5. The van der Waals surface area contributed by atoms with Gasteiger partial charge in [-0.05, 0) is 55.7 Å². The molecular weight excluding hydrogens is 262 g/mol. The molecule has 2 rings (SSSR count). The van der Waals surface area contributed by atoms with E-state index in [-0.39, 0.29) is 5.91 Å². The Morgan fingerprint density at radius 2 is 1.71 bits per heavy atom. The zero-order chi connectivity index (χ0) is 15.2. The van der Waals surface area contributed by atoms with Gasteiger partial charge in [0, 0.05) is 5.69 Å². The number of para-hydroxylation sites is 1. The minimum Gasteiger partial charge on any atom is -0.493 e. The summed E-state index contributed by atoms with van der Waals surface area (Å²) in [6.07, 6.45) is 0.335. The van der Waals surface area contributed by atoms with Crippen LogP contribution >= 0.6 is 0 Å². The molecule has 0 aliphatic carbocycles. The van der Waals surface area contributed by atoms with Crippen LogP contribution in [0, 0.1) is 20.8 Å². The number of carbonyl (C=O) groups excluding carboxylic acids is 1. The number of anilines is 1. The van der Waals surface area contributed by atoms with Crippen LogP contribution in [0.5, 0.6) is 5.75 Å². The summed E-state index contributed by atoms with van der Waals surface area (Å²) in [5, 5.41) is 2.90. The van der Waals surface area contributed by atoms with E-state index in [2.05, 4.69) is 11.4 Å². The molecule has 0 saturated heterocycles. The molecule has 0 fully saturated rings. The second kappa shape index (κ2) is 6.93. The van der Waals surface area contributed by atoms with E-state index in [0.717, 1.165) is 28.1 Å². The molecule has 2 aromatic rings. The summed E-state index contributed by atoms with van der Waals surface area (Å²) in [7, 11) is 0. The smallest absolute Gasteiger partial charge is 0.227 e. The summed E-state index contributed by atoms with van der Waals surface area (Å²) in [4.78, 5) is 11.9. The minimum absolute atomic E-state index is 0.0336. The van der Waals surface area contributed by atoms with Crippen LogP contribution in [0.25, 0.3) is 0 Å². The quantitative estimate of drug-likeness (QED) is 0.900. The summed E-state index contributed by atoms with van der Waals surface area (Å²) in [5.41, 5.74) is 4.23. The SMILES string of the molecule is Cc1cc(C)cc(OCCC(=O)Nc2ccccc2C)c1. The zero-order valence-electron chi connectivity index (χ0n) is 12.8. The van der Waals surface area contributed by atoms with Crippen molar-refractivity contribution in [2.45, 2.75) is 27.2 Å². The number of aryl methyl sites for hydroxylation is 3. The Hall–Kier alpha value is -2.29. The van der Waals surface area contributed by atoms with Crippen molar-refractivity contribution in [1.82, 2.24) is 0 Å². The maximum Gasteiger partial charge on any atom is 0.227 e. The fraction of sp³-hybridized carbons (Fsp3) is 0.278. The first-order chi connectivity index (χ1) is 10.0. The third kappa shape index (κ3) is 4.63. The minimum atomic E-state index is -0.0336. The van der Waals surface area contributed by atoms with E-state index in [1.165, 1.54) is 0 Å². The van der Waals surface area contributed by atoms with E-state index < -0.39 is 0 Å². The van der Waals surface area contributed by atoms with Crippen LogP contribution in [-0.2, 0) is 4.79 Å². The van der Waals surface area contributed by atoms with Crippen molar-refractivity contribution in [2.24, 2.45) is 0 Å². The van der Waals surface area contributed by atoms with E-state index in [1.54, 1.807) is 0 Å². The van der Waals surface area contributed by atoms with Crippen molar-refractivity contribution >= 4 is 11.6 Å². The van der Waals surface area contributed by atoms with Crippen molar-refractivity contribution < 1.29 is 9.53 Å². The maximum absolute atomic E-state index is 11.9. The normalized spacial score (nSPS) is 10.2. The van der Waals surface area contributed by atoms with Crippen molar-refractivity contribution in [2.75, 3.05) is 11.9 Å². The van der Waals surface area contributed by atoms with Crippen LogP contribution in [0.4, 0.5) is 5.69 Å². The lowest BCUT2D eigenvalue weighted by Gasteiger charge is -2.10. The third-order valence-electron chi connectivity index (χ3n) is 3.21. The fourth-order valence-corrected chi connectivity index (χ4v) is 2.20. The first kappa shape index (κ1) is 15.1. The van der Waals surface area contributed by atoms with Crippen molar-refractivity contribution in [3.63, 3.8) is 0 Å². The van der Waals surface area contributed by atoms with E-state index in [0.29, 0.717) is 13.0 Å². The van der Waals surface area contributed by atoms with Crippen LogP contribution in [0.3, 0.4) is 0 Å². The first-order valence-electron chi connectivity index (χ1n) is 7.11. The largest absolute Gasteiger partial charge is 0.493 e. The summed E-state index contributed by atoms with van der Waals surface area (Å²) in [6.45, 7) is 6.41. The van der Waals surface area contributed by atoms with Crippen molar-refractivity contribution in [1.29, 1.82) is 0 Å². The second-order valence-corrected chi connectivity index (χ2v) is 5.28. The average Bonchev–Trinajstić information content (AvgIpc) is 2.40. The number of benzene rings is 2. The molecule has 0 aliphatic rings. The molecule has 1 N–H and O–H groups in total. The van der Waals surface area contributed by atoms with Gasteiger partial charge in [0.1, 0.15) is 5.75 Å². The number of rotatable bonds is 5. The van der Waals surface area contributed by atoms with Gasteiger partial charge in [-0.1, -0.05) is 24.3 Å². The van der Waals surface area contributed by atoms with E-state index in [9.17, 15) is 4.79 Å².